The van der Waals surface area contributed by atoms with Gasteiger partial charge in [0.2, 0.25) is 0 Å². The van der Waals surface area contributed by atoms with Gasteiger partial charge in [-0.2, -0.15) is 10.4 Å². The molecule has 4 aliphatic heterocycles. The SMILES string of the molecule is N#Cc1cnn2cc(OCCN3CCOCC3)cc(C34CNCC(C3)N4C(=O)O)c12. The minimum absolute atomic E-state index is 0.0596. The van der Waals surface area contributed by atoms with E-state index >= 15 is 0 Å². The molecule has 0 spiro atoms. The van der Waals surface area contributed by atoms with Gasteiger partial charge in [-0.1, -0.05) is 0 Å². The number of rotatable bonds is 5. The molecular formula is C20H24N6O4. The van der Waals surface area contributed by atoms with Gasteiger partial charge in [0.25, 0.3) is 0 Å². The lowest BCUT2D eigenvalue weighted by Crippen LogP contribution is -2.75. The number of pyridine rings is 1. The number of hydrogen-bond donors (Lipinski definition) is 2. The van der Waals surface area contributed by atoms with Crippen LogP contribution < -0.4 is 10.1 Å². The molecule has 0 radical (unpaired) electrons. The maximum absolute atomic E-state index is 12.0. The van der Waals surface area contributed by atoms with Gasteiger partial charge in [0, 0.05) is 38.3 Å². The van der Waals surface area contributed by atoms with Crippen LogP contribution in [0, 0.1) is 11.3 Å². The van der Waals surface area contributed by atoms with Crippen LogP contribution in [0.2, 0.25) is 0 Å². The molecule has 2 bridgehead atoms. The summed E-state index contributed by atoms with van der Waals surface area (Å²) < 4.78 is 13.0. The fourth-order valence-corrected chi connectivity index (χ4v) is 4.99. The quantitative estimate of drug-likeness (QED) is 0.728. The van der Waals surface area contributed by atoms with E-state index in [9.17, 15) is 15.2 Å². The fraction of sp³-hybridized carbons (Fsp3) is 0.550. The van der Waals surface area contributed by atoms with E-state index in [4.69, 9.17) is 9.47 Å². The summed E-state index contributed by atoms with van der Waals surface area (Å²) in [6, 6.07) is 4.01. The molecule has 1 amide bonds. The highest BCUT2D eigenvalue weighted by molar-refractivity contribution is 5.75. The Morgan fingerprint density at radius 1 is 1.47 bits per heavy atom. The second-order valence-electron chi connectivity index (χ2n) is 8.03. The maximum Gasteiger partial charge on any atom is 0.408 e. The van der Waals surface area contributed by atoms with Crippen molar-refractivity contribution in [3.63, 3.8) is 0 Å². The lowest BCUT2D eigenvalue weighted by Gasteiger charge is -2.61. The molecule has 6 rings (SSSR count). The van der Waals surface area contributed by atoms with Crippen LogP contribution in [0.3, 0.4) is 0 Å². The van der Waals surface area contributed by atoms with Crippen LogP contribution in [-0.2, 0) is 10.3 Å². The number of piperidine rings is 1. The van der Waals surface area contributed by atoms with Crippen LogP contribution in [0.25, 0.3) is 5.52 Å². The average Bonchev–Trinajstić information content (AvgIpc) is 3.16. The number of piperazine rings is 1. The third-order valence-electron chi connectivity index (χ3n) is 6.39. The number of fused-ring (bicyclic) bond motifs is 3. The van der Waals surface area contributed by atoms with Gasteiger partial charge in [-0.15, -0.1) is 0 Å². The molecule has 4 fully saturated rings. The monoisotopic (exact) mass is 412 g/mol. The third kappa shape index (κ3) is 2.98. The number of ether oxygens (including phenoxy) is 2. The highest BCUT2D eigenvalue weighted by Gasteiger charge is 2.58. The summed E-state index contributed by atoms with van der Waals surface area (Å²) >= 11 is 0. The highest BCUT2D eigenvalue weighted by Crippen LogP contribution is 2.49. The van der Waals surface area contributed by atoms with E-state index in [0.29, 0.717) is 36.5 Å². The summed E-state index contributed by atoms with van der Waals surface area (Å²) in [5.41, 5.74) is 1.13. The molecule has 6 heterocycles. The lowest BCUT2D eigenvalue weighted by atomic mass is 9.70. The maximum atomic E-state index is 12.0. The number of nitrogens with one attached hydrogen (secondary N) is 1. The number of carboxylic acid groups (broad SMARTS) is 1. The Bertz CT molecular complexity index is 1010. The number of morpholine rings is 1. The normalized spacial score (nSPS) is 26.2. The number of amides is 1. The first-order chi connectivity index (χ1) is 14.6. The molecule has 0 aliphatic carbocycles. The van der Waals surface area contributed by atoms with Gasteiger partial charge < -0.3 is 19.9 Å². The lowest BCUT2D eigenvalue weighted by molar-refractivity contribution is -0.0798. The van der Waals surface area contributed by atoms with Crippen LogP contribution in [0.5, 0.6) is 5.75 Å². The van der Waals surface area contributed by atoms with Crippen molar-refractivity contribution in [2.75, 3.05) is 52.5 Å². The summed E-state index contributed by atoms with van der Waals surface area (Å²) in [6.07, 6.45) is 3.05. The molecular weight excluding hydrogens is 388 g/mol. The van der Waals surface area contributed by atoms with Gasteiger partial charge >= 0.3 is 6.09 Å². The zero-order valence-electron chi connectivity index (χ0n) is 16.6. The Kier molecular flexibility index (Phi) is 4.73. The predicted octanol–water partition coefficient (Wildman–Crippen LogP) is 0.468. The summed E-state index contributed by atoms with van der Waals surface area (Å²) in [7, 11) is 0. The van der Waals surface area contributed by atoms with E-state index in [1.165, 1.54) is 11.1 Å². The Morgan fingerprint density at radius 2 is 2.30 bits per heavy atom. The van der Waals surface area contributed by atoms with E-state index in [1.54, 1.807) is 10.7 Å². The first-order valence-corrected chi connectivity index (χ1v) is 10.2. The molecule has 0 aromatic carbocycles. The molecule has 2 N–H and O–H groups in total. The van der Waals surface area contributed by atoms with Crippen molar-refractivity contribution >= 4 is 11.6 Å². The van der Waals surface area contributed by atoms with Crippen LogP contribution in [-0.4, -0.2) is 89.2 Å². The van der Waals surface area contributed by atoms with Crippen molar-refractivity contribution in [3.8, 4) is 11.8 Å². The van der Waals surface area contributed by atoms with Crippen LogP contribution in [0.4, 0.5) is 4.79 Å². The number of carbonyl (C=O) groups is 1. The summed E-state index contributed by atoms with van der Waals surface area (Å²) in [5, 5.41) is 27.1. The second kappa shape index (κ2) is 7.43. The number of nitrogens with zero attached hydrogens (tertiary/aromatic N) is 5. The molecule has 4 saturated heterocycles. The van der Waals surface area contributed by atoms with Gasteiger partial charge in [0.05, 0.1) is 48.3 Å². The van der Waals surface area contributed by atoms with Crippen molar-refractivity contribution < 1.29 is 19.4 Å². The van der Waals surface area contributed by atoms with Gasteiger partial charge in [0.1, 0.15) is 18.4 Å². The van der Waals surface area contributed by atoms with Crippen LogP contribution in [0.1, 0.15) is 17.5 Å². The van der Waals surface area contributed by atoms with E-state index in [2.05, 4.69) is 21.4 Å². The molecule has 30 heavy (non-hydrogen) atoms. The Morgan fingerprint density at radius 3 is 3.03 bits per heavy atom. The second-order valence-corrected chi connectivity index (χ2v) is 8.03. The average molecular weight is 412 g/mol. The van der Waals surface area contributed by atoms with E-state index in [0.717, 1.165) is 44.8 Å². The Hall–Kier alpha value is -2.87. The Balaban J connectivity index is 1.48. The zero-order chi connectivity index (χ0) is 20.7. The first kappa shape index (κ1) is 19.1. The van der Waals surface area contributed by atoms with Crippen molar-refractivity contribution in [3.05, 3.63) is 29.6 Å². The predicted molar refractivity (Wildman–Crippen MR) is 105 cm³/mol. The van der Waals surface area contributed by atoms with E-state index in [1.807, 2.05) is 6.07 Å². The molecule has 0 saturated carbocycles. The molecule has 10 nitrogen and oxygen atoms in total. The molecule has 10 heteroatoms. The number of hydrogen-bond acceptors (Lipinski definition) is 7. The van der Waals surface area contributed by atoms with Crippen LogP contribution in [0.15, 0.2) is 18.5 Å². The molecule has 2 atom stereocenters. The molecule has 4 aliphatic rings. The van der Waals surface area contributed by atoms with Gasteiger partial charge in [-0.25, -0.2) is 9.31 Å². The minimum atomic E-state index is -0.942. The summed E-state index contributed by atoms with van der Waals surface area (Å²) in [4.78, 5) is 15.8. The van der Waals surface area contributed by atoms with Crippen molar-refractivity contribution in [2.45, 2.75) is 18.0 Å². The van der Waals surface area contributed by atoms with Crippen LogP contribution >= 0.6 is 0 Å². The molecule has 2 unspecified atom stereocenters. The fourth-order valence-electron chi connectivity index (χ4n) is 4.99. The summed E-state index contributed by atoms with van der Waals surface area (Å²) in [5.74, 6) is 0.618. The largest absolute Gasteiger partial charge is 0.491 e. The number of aromatic nitrogens is 2. The van der Waals surface area contributed by atoms with Crippen molar-refractivity contribution in [2.24, 2.45) is 0 Å². The summed E-state index contributed by atoms with van der Waals surface area (Å²) in [6.45, 7) is 5.69. The topological polar surface area (TPSA) is 115 Å². The van der Waals surface area contributed by atoms with Crippen molar-refractivity contribution in [1.29, 1.82) is 5.26 Å². The van der Waals surface area contributed by atoms with Gasteiger partial charge in [0.15, 0.2) is 0 Å². The van der Waals surface area contributed by atoms with E-state index in [-0.39, 0.29) is 6.04 Å². The van der Waals surface area contributed by atoms with Gasteiger partial charge in [-0.05, 0) is 12.5 Å². The standard InChI is InChI=1S/C20H24N6O4/c21-9-14-10-23-25-12-16(30-6-3-24-1-4-29-5-2-24)7-17(18(14)25)20-8-15(11-22-13-20)26(20)19(27)28/h7,10,12,15,22H,1-6,8,11,13H2,(H,27,28). The number of nitriles is 1. The van der Waals surface area contributed by atoms with E-state index < -0.39 is 11.6 Å². The van der Waals surface area contributed by atoms with Gasteiger partial charge in [-0.3, -0.25) is 9.80 Å². The Labute approximate surface area is 173 Å². The molecule has 2 aromatic rings. The minimum Gasteiger partial charge on any atom is -0.491 e. The molecule has 158 valence electrons. The highest BCUT2D eigenvalue weighted by atomic mass is 16.5. The van der Waals surface area contributed by atoms with Crippen molar-refractivity contribution in [1.82, 2.24) is 24.7 Å². The smallest absolute Gasteiger partial charge is 0.408 e. The molecule has 2 aromatic heterocycles. The first-order valence-electron chi connectivity index (χ1n) is 10.2. The zero-order valence-corrected chi connectivity index (χ0v) is 16.6. The third-order valence-corrected chi connectivity index (χ3v) is 6.39.